The topological polar surface area (TPSA) is 67.2 Å². The maximum absolute atomic E-state index is 12.5. The molecule has 1 N–H and O–H groups in total. The molecule has 2 amide bonds. The quantitative estimate of drug-likeness (QED) is 0.885. The summed E-state index contributed by atoms with van der Waals surface area (Å²) in [5.74, 6) is 0.0169. The summed E-state index contributed by atoms with van der Waals surface area (Å²) in [6.07, 6.45) is 6.29. The van der Waals surface area contributed by atoms with Crippen molar-refractivity contribution in [1.29, 1.82) is 0 Å². The van der Waals surface area contributed by atoms with Crippen LogP contribution in [0.15, 0.2) is 6.20 Å². The van der Waals surface area contributed by atoms with E-state index in [0.29, 0.717) is 24.5 Å². The molecular weight excluding hydrogens is 328 g/mol. The zero-order valence-electron chi connectivity index (χ0n) is 14.3. The Kier molecular flexibility index (Phi) is 4.85. The zero-order chi connectivity index (χ0) is 17.3. The number of likely N-dealkylation sites (tertiary alicyclic amines) is 1. The minimum absolute atomic E-state index is 0.000617. The summed E-state index contributed by atoms with van der Waals surface area (Å²) in [6.45, 7) is 5.97. The lowest BCUT2D eigenvalue weighted by atomic mass is 9.74. The van der Waals surface area contributed by atoms with Crippen LogP contribution in [0.3, 0.4) is 0 Å². The van der Waals surface area contributed by atoms with E-state index in [1.165, 1.54) is 0 Å². The van der Waals surface area contributed by atoms with Gasteiger partial charge >= 0.3 is 0 Å². The van der Waals surface area contributed by atoms with Crippen molar-refractivity contribution in [2.45, 2.75) is 58.5 Å². The molecule has 0 radical (unpaired) electrons. The van der Waals surface area contributed by atoms with Gasteiger partial charge in [0.05, 0.1) is 5.02 Å². The summed E-state index contributed by atoms with van der Waals surface area (Å²) >= 11 is 6.12. The maximum Gasteiger partial charge on any atom is 0.273 e. The number of nitrogens with one attached hydrogen (secondary N) is 1. The number of carbonyl (C=O) groups excluding carboxylic acids is 2. The van der Waals surface area contributed by atoms with Crippen molar-refractivity contribution in [3.8, 4) is 0 Å². The largest absolute Gasteiger partial charge is 0.350 e. The summed E-state index contributed by atoms with van der Waals surface area (Å²) < 4.78 is 1.66. The summed E-state index contributed by atoms with van der Waals surface area (Å²) in [6, 6.07) is 0.243. The average molecular weight is 353 g/mol. The lowest BCUT2D eigenvalue weighted by molar-refractivity contribution is -0.141. The first kappa shape index (κ1) is 17.3. The number of hydrogen-bond acceptors (Lipinski definition) is 3. The van der Waals surface area contributed by atoms with Crippen molar-refractivity contribution < 1.29 is 9.59 Å². The molecule has 1 aliphatic heterocycles. The second-order valence-corrected chi connectivity index (χ2v) is 7.22. The fraction of sp³-hybridized carbons (Fsp3) is 0.706. The third-order valence-corrected chi connectivity index (χ3v) is 5.87. The number of rotatable bonds is 5. The van der Waals surface area contributed by atoms with Crippen LogP contribution in [-0.4, -0.2) is 45.6 Å². The molecule has 0 bridgehead atoms. The van der Waals surface area contributed by atoms with Crippen LogP contribution in [0.4, 0.5) is 0 Å². The highest BCUT2D eigenvalue weighted by Crippen LogP contribution is 2.47. The smallest absolute Gasteiger partial charge is 0.273 e. The van der Waals surface area contributed by atoms with Gasteiger partial charge in [0.1, 0.15) is 0 Å². The number of aromatic nitrogens is 2. The van der Waals surface area contributed by atoms with Gasteiger partial charge in [-0.05, 0) is 33.1 Å². The van der Waals surface area contributed by atoms with Crippen LogP contribution < -0.4 is 5.32 Å². The van der Waals surface area contributed by atoms with E-state index < -0.39 is 0 Å². The van der Waals surface area contributed by atoms with Crippen LogP contribution in [0.25, 0.3) is 0 Å². The molecule has 0 aromatic carbocycles. The van der Waals surface area contributed by atoms with Crippen molar-refractivity contribution in [3.63, 3.8) is 0 Å². The predicted octanol–water partition coefficient (Wildman–Crippen LogP) is 2.47. The molecule has 2 fully saturated rings. The Hall–Kier alpha value is -1.56. The highest BCUT2D eigenvalue weighted by molar-refractivity contribution is 6.33. The molecule has 2 aliphatic rings. The van der Waals surface area contributed by atoms with Crippen molar-refractivity contribution in [1.82, 2.24) is 20.0 Å². The number of nitrogens with zero attached hydrogens (tertiary/aromatic N) is 3. The van der Waals surface area contributed by atoms with E-state index in [-0.39, 0.29) is 29.0 Å². The maximum atomic E-state index is 12.5. The first-order chi connectivity index (χ1) is 11.5. The highest BCUT2D eigenvalue weighted by Gasteiger charge is 2.49. The Morgan fingerprint density at radius 1 is 1.42 bits per heavy atom. The van der Waals surface area contributed by atoms with Crippen molar-refractivity contribution in [2.75, 3.05) is 13.1 Å². The summed E-state index contributed by atoms with van der Waals surface area (Å²) in [5, 5.41) is 7.64. The van der Waals surface area contributed by atoms with Gasteiger partial charge in [0.25, 0.3) is 5.91 Å². The minimum atomic E-state index is -0.229. The molecule has 7 heteroatoms. The van der Waals surface area contributed by atoms with E-state index >= 15 is 0 Å². The average Bonchev–Trinajstić information content (AvgIpc) is 3.16. The van der Waals surface area contributed by atoms with Gasteiger partial charge in [-0.1, -0.05) is 18.0 Å². The van der Waals surface area contributed by atoms with Crippen LogP contribution in [-0.2, 0) is 11.3 Å². The van der Waals surface area contributed by atoms with Gasteiger partial charge in [-0.2, -0.15) is 5.10 Å². The fourth-order valence-corrected chi connectivity index (χ4v) is 4.55. The number of aryl methyl sites for hydroxylation is 1. The molecule has 1 aromatic heterocycles. The molecule has 1 saturated heterocycles. The van der Waals surface area contributed by atoms with Crippen LogP contribution in [0.2, 0.25) is 5.02 Å². The SMILES string of the molecule is CCN1C(=O)CCC2(CNC(=O)c3nn(CC)cc3Cl)CCCC12. The molecule has 24 heavy (non-hydrogen) atoms. The summed E-state index contributed by atoms with van der Waals surface area (Å²) in [7, 11) is 0. The number of amides is 2. The fourth-order valence-electron chi connectivity index (χ4n) is 4.32. The van der Waals surface area contributed by atoms with Crippen LogP contribution >= 0.6 is 11.6 Å². The van der Waals surface area contributed by atoms with Crippen molar-refractivity contribution in [2.24, 2.45) is 5.41 Å². The number of carbonyl (C=O) groups is 2. The van der Waals surface area contributed by atoms with Crippen LogP contribution in [0.1, 0.15) is 56.4 Å². The molecule has 2 unspecified atom stereocenters. The second-order valence-electron chi connectivity index (χ2n) is 6.81. The van der Waals surface area contributed by atoms with E-state index in [2.05, 4.69) is 10.4 Å². The van der Waals surface area contributed by atoms with Crippen LogP contribution in [0, 0.1) is 5.41 Å². The molecule has 3 rings (SSSR count). The molecule has 0 spiro atoms. The third kappa shape index (κ3) is 2.92. The van der Waals surface area contributed by atoms with Crippen molar-refractivity contribution >= 4 is 23.4 Å². The first-order valence-corrected chi connectivity index (χ1v) is 9.19. The molecular formula is C17H25ClN4O2. The molecule has 132 valence electrons. The summed E-state index contributed by atoms with van der Waals surface area (Å²) in [5.41, 5.74) is 0.281. The monoisotopic (exact) mass is 352 g/mol. The molecule has 1 saturated carbocycles. The Morgan fingerprint density at radius 3 is 2.88 bits per heavy atom. The normalized spacial score (nSPS) is 26.5. The number of piperidine rings is 1. The Bertz CT molecular complexity index is 645. The van der Waals surface area contributed by atoms with E-state index in [1.54, 1.807) is 10.9 Å². The molecule has 2 heterocycles. The van der Waals surface area contributed by atoms with Gasteiger partial charge in [0.2, 0.25) is 5.91 Å². The van der Waals surface area contributed by atoms with Gasteiger partial charge in [-0.25, -0.2) is 0 Å². The van der Waals surface area contributed by atoms with Crippen LogP contribution in [0.5, 0.6) is 0 Å². The van der Waals surface area contributed by atoms with E-state index in [1.807, 2.05) is 18.7 Å². The van der Waals surface area contributed by atoms with Gasteiger partial charge in [0, 0.05) is 43.7 Å². The molecule has 2 atom stereocenters. The van der Waals surface area contributed by atoms with E-state index in [9.17, 15) is 9.59 Å². The summed E-state index contributed by atoms with van der Waals surface area (Å²) in [4.78, 5) is 26.6. The zero-order valence-corrected chi connectivity index (χ0v) is 15.1. The van der Waals surface area contributed by atoms with E-state index in [0.717, 1.165) is 32.2 Å². The minimum Gasteiger partial charge on any atom is -0.350 e. The lowest BCUT2D eigenvalue weighted by Crippen LogP contribution is -2.55. The predicted molar refractivity (Wildman–Crippen MR) is 91.9 cm³/mol. The Labute approximate surface area is 147 Å². The Morgan fingerprint density at radius 2 is 2.21 bits per heavy atom. The first-order valence-electron chi connectivity index (χ1n) is 8.81. The van der Waals surface area contributed by atoms with Gasteiger partial charge in [0.15, 0.2) is 5.69 Å². The third-order valence-electron chi connectivity index (χ3n) is 5.59. The van der Waals surface area contributed by atoms with Gasteiger partial charge in [-0.3, -0.25) is 14.3 Å². The number of halogens is 1. The van der Waals surface area contributed by atoms with Gasteiger partial charge < -0.3 is 10.2 Å². The molecule has 1 aliphatic carbocycles. The van der Waals surface area contributed by atoms with Gasteiger partial charge in [-0.15, -0.1) is 0 Å². The van der Waals surface area contributed by atoms with E-state index in [4.69, 9.17) is 11.6 Å². The number of fused-ring (bicyclic) bond motifs is 1. The Balaban J connectivity index is 1.71. The molecule has 6 nitrogen and oxygen atoms in total. The standard InChI is InChI=1S/C17H25ClN4O2/c1-3-21-10-12(18)15(20-21)16(24)19-11-17-8-5-6-13(17)22(4-2)14(23)7-9-17/h10,13H,3-9,11H2,1-2H3,(H,19,24). The lowest BCUT2D eigenvalue weighted by Gasteiger charge is -2.46. The molecule has 1 aromatic rings. The highest BCUT2D eigenvalue weighted by atomic mass is 35.5. The van der Waals surface area contributed by atoms with Crippen molar-refractivity contribution in [3.05, 3.63) is 16.9 Å². The number of hydrogen-bond donors (Lipinski definition) is 1. The second kappa shape index (κ2) is 6.75.